The fourth-order valence-corrected chi connectivity index (χ4v) is 3.93. The molecule has 1 saturated heterocycles. The Bertz CT molecular complexity index is 133. The summed E-state index contributed by atoms with van der Waals surface area (Å²) in [6.45, 7) is 5.16. The minimum absolute atomic E-state index is 0.0824. The second-order valence-electron chi connectivity index (χ2n) is 2.81. The van der Waals surface area contributed by atoms with Gasteiger partial charge in [0.2, 0.25) is 0 Å². The summed E-state index contributed by atoms with van der Waals surface area (Å²) in [6.07, 6.45) is 1.68. The molecule has 0 spiro atoms. The van der Waals surface area contributed by atoms with Crippen LogP contribution in [0.4, 0.5) is 0 Å². The molecule has 0 bridgehead atoms. The molecule has 1 aliphatic rings. The molecule has 0 aromatic rings. The van der Waals surface area contributed by atoms with Crippen molar-refractivity contribution >= 4 is 7.94 Å². The topological polar surface area (TPSA) is 53.7 Å². The molecule has 0 atom stereocenters. The van der Waals surface area contributed by atoms with Crippen molar-refractivity contribution in [2.24, 2.45) is 5.73 Å². The van der Waals surface area contributed by atoms with Crippen LogP contribution in [0.2, 0.25) is 0 Å². The van der Waals surface area contributed by atoms with Gasteiger partial charge in [0.1, 0.15) is 0 Å². The van der Waals surface area contributed by atoms with Crippen LogP contribution in [-0.4, -0.2) is 25.6 Å². The molecule has 0 aromatic heterocycles. The summed E-state index contributed by atoms with van der Waals surface area (Å²) in [6, 6.07) is 0. The monoisotopic (exact) mass is 195 g/mol. The van der Waals surface area contributed by atoms with Crippen LogP contribution in [-0.2, 0) is 13.6 Å². The maximum absolute atomic E-state index is 5.51. The van der Waals surface area contributed by atoms with Crippen LogP contribution in [0.1, 0.15) is 20.3 Å². The molecule has 0 unspecified atom stereocenters. The molecule has 0 saturated carbocycles. The molecule has 1 rings (SSSR count). The van der Waals surface area contributed by atoms with Crippen LogP contribution in [0, 0.1) is 0 Å². The normalized spacial score (nSPS) is 29.4. The van der Waals surface area contributed by atoms with E-state index in [2.05, 4.69) is 0 Å². The number of nitrogens with two attached hydrogens (primary N) is 1. The molecular formula is C7H18NO3P. The predicted octanol–water partition coefficient (Wildman–Crippen LogP) is 1.26. The summed E-state index contributed by atoms with van der Waals surface area (Å²) in [5.74, 6) is 0. The molecule has 0 aliphatic carbocycles. The van der Waals surface area contributed by atoms with Crippen LogP contribution in [0.15, 0.2) is 0 Å². The van der Waals surface area contributed by atoms with E-state index < -0.39 is 7.94 Å². The predicted molar refractivity (Wildman–Crippen MR) is 50.1 cm³/mol. The van der Waals surface area contributed by atoms with Crippen molar-refractivity contribution in [3.05, 3.63) is 0 Å². The molecule has 1 aliphatic heterocycles. The first-order chi connectivity index (χ1) is 5.72. The Labute approximate surface area is 73.9 Å². The van der Waals surface area contributed by atoms with E-state index in [1.54, 1.807) is 0 Å². The summed E-state index contributed by atoms with van der Waals surface area (Å²) < 4.78 is 16.5. The van der Waals surface area contributed by atoms with Gasteiger partial charge in [-0.3, -0.25) is 0 Å². The van der Waals surface area contributed by atoms with Gasteiger partial charge in [0.25, 0.3) is 0 Å². The first-order valence-electron chi connectivity index (χ1n) is 4.42. The second kappa shape index (κ2) is 4.49. The third-order valence-corrected chi connectivity index (χ3v) is 4.82. The van der Waals surface area contributed by atoms with E-state index in [9.17, 15) is 0 Å². The molecule has 12 heavy (non-hydrogen) atoms. The van der Waals surface area contributed by atoms with Crippen molar-refractivity contribution in [1.82, 2.24) is 0 Å². The van der Waals surface area contributed by atoms with Crippen molar-refractivity contribution in [2.75, 3.05) is 19.3 Å². The van der Waals surface area contributed by atoms with Crippen LogP contribution in [0.25, 0.3) is 0 Å². The summed E-state index contributed by atoms with van der Waals surface area (Å²) in [5.41, 5.74) is 5.40. The Morgan fingerprint density at radius 1 is 1.50 bits per heavy atom. The number of hydrogen-bond donors (Lipinski definition) is 1. The van der Waals surface area contributed by atoms with Gasteiger partial charge in [0.05, 0.1) is 0 Å². The fourth-order valence-electron chi connectivity index (χ4n) is 1.31. The maximum atomic E-state index is 5.51. The third-order valence-electron chi connectivity index (χ3n) is 1.74. The van der Waals surface area contributed by atoms with Gasteiger partial charge in [-0.25, -0.2) is 0 Å². The average molecular weight is 195 g/mol. The standard InChI is InChI=1S/C7H18NO3P/c1-3-9-12(6-4-5-8)10-7(2)11-12/h7,12H,3-6,8H2,1-2H3. The van der Waals surface area contributed by atoms with Crippen molar-refractivity contribution in [3.8, 4) is 0 Å². The molecule has 0 amide bonds. The van der Waals surface area contributed by atoms with E-state index in [1.807, 2.05) is 13.8 Å². The number of rotatable bonds is 5. The molecule has 0 radical (unpaired) electrons. The Morgan fingerprint density at radius 2 is 2.17 bits per heavy atom. The fraction of sp³-hybridized carbons (Fsp3) is 1.00. The molecule has 1 heterocycles. The number of hydrogen-bond acceptors (Lipinski definition) is 4. The van der Waals surface area contributed by atoms with Gasteiger partial charge in [0.15, 0.2) is 0 Å². The summed E-state index contributed by atoms with van der Waals surface area (Å²) in [4.78, 5) is 0. The van der Waals surface area contributed by atoms with Crippen molar-refractivity contribution in [1.29, 1.82) is 0 Å². The Hall–Kier alpha value is 0.270. The molecule has 0 aromatic carbocycles. The SMILES string of the molecule is CCO[PH]1(CCCN)OC(C)O1. The van der Waals surface area contributed by atoms with Gasteiger partial charge >= 0.3 is 73.1 Å². The first-order valence-corrected chi connectivity index (χ1v) is 6.35. The summed E-state index contributed by atoms with van der Waals surface area (Å²) in [7, 11) is -2.21. The van der Waals surface area contributed by atoms with Gasteiger partial charge in [-0.05, 0) is 0 Å². The molecule has 74 valence electrons. The zero-order valence-electron chi connectivity index (χ0n) is 7.71. The van der Waals surface area contributed by atoms with Gasteiger partial charge in [-0.1, -0.05) is 0 Å². The Morgan fingerprint density at radius 3 is 2.58 bits per heavy atom. The van der Waals surface area contributed by atoms with Crippen LogP contribution < -0.4 is 5.73 Å². The van der Waals surface area contributed by atoms with Crippen molar-refractivity contribution < 1.29 is 13.6 Å². The Balaban J connectivity index is 2.29. The van der Waals surface area contributed by atoms with Crippen LogP contribution >= 0.6 is 7.94 Å². The van der Waals surface area contributed by atoms with E-state index in [0.717, 1.165) is 12.6 Å². The molecule has 2 N–H and O–H groups in total. The van der Waals surface area contributed by atoms with Gasteiger partial charge in [0, 0.05) is 0 Å². The van der Waals surface area contributed by atoms with E-state index in [0.29, 0.717) is 13.2 Å². The van der Waals surface area contributed by atoms with E-state index in [4.69, 9.17) is 19.3 Å². The van der Waals surface area contributed by atoms with E-state index in [1.165, 1.54) is 0 Å². The van der Waals surface area contributed by atoms with Gasteiger partial charge < -0.3 is 0 Å². The minimum atomic E-state index is -2.21. The molecular weight excluding hydrogens is 177 g/mol. The average Bonchev–Trinajstić information content (AvgIpc) is 1.98. The van der Waals surface area contributed by atoms with Crippen LogP contribution in [0.3, 0.4) is 0 Å². The third kappa shape index (κ3) is 2.38. The van der Waals surface area contributed by atoms with Gasteiger partial charge in [-0.2, -0.15) is 0 Å². The summed E-state index contributed by atoms with van der Waals surface area (Å²) in [5, 5.41) is 0. The van der Waals surface area contributed by atoms with E-state index in [-0.39, 0.29) is 6.29 Å². The van der Waals surface area contributed by atoms with E-state index >= 15 is 0 Å². The Kier molecular flexibility index (Phi) is 3.87. The van der Waals surface area contributed by atoms with Gasteiger partial charge in [-0.15, -0.1) is 0 Å². The molecule has 1 fully saturated rings. The second-order valence-corrected chi connectivity index (χ2v) is 5.44. The van der Waals surface area contributed by atoms with Crippen molar-refractivity contribution in [2.45, 2.75) is 26.6 Å². The zero-order valence-corrected chi connectivity index (χ0v) is 8.71. The molecule has 4 nitrogen and oxygen atoms in total. The first kappa shape index (κ1) is 10.4. The van der Waals surface area contributed by atoms with Crippen molar-refractivity contribution in [3.63, 3.8) is 0 Å². The molecule has 5 heteroatoms. The summed E-state index contributed by atoms with van der Waals surface area (Å²) >= 11 is 0. The quantitative estimate of drug-likeness (QED) is 0.671. The van der Waals surface area contributed by atoms with Crippen LogP contribution in [0.5, 0.6) is 0 Å². The zero-order chi connectivity index (χ0) is 9.03.